The molecule has 0 bridgehead atoms. The lowest BCUT2D eigenvalue weighted by Crippen LogP contribution is -2.26. The maximum absolute atomic E-state index is 12.6. The lowest BCUT2D eigenvalue weighted by Gasteiger charge is -2.23. The van der Waals surface area contributed by atoms with Crippen LogP contribution in [-0.2, 0) is 5.54 Å². The van der Waals surface area contributed by atoms with E-state index in [0.29, 0.717) is 11.6 Å². The average molecular weight is 331 g/mol. The molecule has 0 saturated heterocycles. The Morgan fingerprint density at radius 2 is 1.91 bits per heavy atom. The Labute approximate surface area is 142 Å². The molecule has 0 aliphatic carbocycles. The molecule has 0 fully saturated rings. The predicted octanol–water partition coefficient (Wildman–Crippen LogP) is 4.74. The van der Waals surface area contributed by atoms with Crippen LogP contribution in [0.15, 0.2) is 35.2 Å². The Kier molecular flexibility index (Phi) is 5.19. The van der Waals surface area contributed by atoms with E-state index in [1.165, 1.54) is 0 Å². The average Bonchev–Trinajstić information content (AvgIpc) is 2.93. The summed E-state index contributed by atoms with van der Waals surface area (Å²) in [6.07, 6.45) is 2.00. The van der Waals surface area contributed by atoms with Gasteiger partial charge in [-0.05, 0) is 51.1 Å². The van der Waals surface area contributed by atoms with E-state index in [1.807, 2.05) is 41.3 Å². The minimum Gasteiger partial charge on any atom is -0.320 e. The van der Waals surface area contributed by atoms with E-state index in [2.05, 4.69) is 45.0 Å². The number of para-hydroxylation sites is 1. The molecule has 2 aromatic rings. The van der Waals surface area contributed by atoms with Gasteiger partial charge in [0.25, 0.3) is 5.91 Å². The molecule has 23 heavy (non-hydrogen) atoms. The normalized spacial score (nSPS) is 11.8. The molecule has 4 nitrogen and oxygen atoms in total. The van der Waals surface area contributed by atoms with E-state index in [1.54, 1.807) is 11.8 Å². The molecule has 0 spiro atoms. The van der Waals surface area contributed by atoms with Gasteiger partial charge >= 0.3 is 0 Å². The van der Waals surface area contributed by atoms with Crippen molar-refractivity contribution in [2.75, 3.05) is 11.6 Å². The van der Waals surface area contributed by atoms with Crippen molar-refractivity contribution in [3.8, 4) is 0 Å². The Bertz CT molecular complexity index is 699. The van der Waals surface area contributed by atoms with Gasteiger partial charge in [-0.25, -0.2) is 0 Å². The molecule has 1 heterocycles. The van der Waals surface area contributed by atoms with Crippen molar-refractivity contribution >= 4 is 23.4 Å². The molecular formula is C18H25N3OS. The van der Waals surface area contributed by atoms with Gasteiger partial charge in [0.1, 0.15) is 0 Å². The van der Waals surface area contributed by atoms with Crippen LogP contribution < -0.4 is 5.32 Å². The first-order valence-corrected chi connectivity index (χ1v) is 9.01. The van der Waals surface area contributed by atoms with Gasteiger partial charge in [0.2, 0.25) is 0 Å². The number of rotatable bonds is 4. The number of nitrogens with zero attached hydrogens (tertiary/aromatic N) is 2. The fourth-order valence-corrected chi connectivity index (χ4v) is 2.94. The summed E-state index contributed by atoms with van der Waals surface area (Å²) in [6, 6.07) is 9.68. The highest BCUT2D eigenvalue weighted by Crippen LogP contribution is 2.26. The first-order valence-electron chi connectivity index (χ1n) is 7.79. The van der Waals surface area contributed by atoms with Crippen LogP contribution in [0.3, 0.4) is 0 Å². The second-order valence-corrected chi connectivity index (χ2v) is 7.69. The molecule has 1 aromatic carbocycles. The van der Waals surface area contributed by atoms with Gasteiger partial charge in [-0.2, -0.15) is 5.10 Å². The fraction of sp³-hybridized carbons (Fsp3) is 0.444. The number of carbonyl (C=O) groups is 1. The molecule has 0 aliphatic rings. The zero-order chi connectivity index (χ0) is 17.2. The number of benzene rings is 1. The third kappa shape index (κ3) is 3.96. The molecule has 2 rings (SSSR count). The van der Waals surface area contributed by atoms with Crippen LogP contribution in [0, 0.1) is 0 Å². The van der Waals surface area contributed by atoms with Gasteiger partial charge in [0.15, 0.2) is 5.69 Å². The van der Waals surface area contributed by atoms with Crippen molar-refractivity contribution in [2.45, 2.75) is 51.0 Å². The van der Waals surface area contributed by atoms with E-state index >= 15 is 0 Å². The van der Waals surface area contributed by atoms with E-state index in [0.717, 1.165) is 16.3 Å². The molecular weight excluding hydrogens is 306 g/mol. The van der Waals surface area contributed by atoms with Crippen molar-refractivity contribution in [3.63, 3.8) is 0 Å². The van der Waals surface area contributed by atoms with Crippen LogP contribution >= 0.6 is 11.8 Å². The Hall–Kier alpha value is -1.75. The van der Waals surface area contributed by atoms with E-state index in [-0.39, 0.29) is 11.4 Å². The third-order valence-corrected chi connectivity index (χ3v) is 4.35. The summed E-state index contributed by atoms with van der Waals surface area (Å²) in [7, 11) is 0. The monoisotopic (exact) mass is 331 g/mol. The summed E-state index contributed by atoms with van der Waals surface area (Å²) < 4.78 is 1.95. The fourth-order valence-electron chi connectivity index (χ4n) is 2.39. The van der Waals surface area contributed by atoms with Crippen LogP contribution in [-0.4, -0.2) is 21.9 Å². The van der Waals surface area contributed by atoms with Gasteiger partial charge in [-0.15, -0.1) is 11.8 Å². The highest BCUT2D eigenvalue weighted by atomic mass is 32.2. The molecule has 0 saturated carbocycles. The maximum Gasteiger partial charge on any atom is 0.276 e. The van der Waals surface area contributed by atoms with Gasteiger partial charge in [-0.1, -0.05) is 26.0 Å². The minimum absolute atomic E-state index is 0.157. The lowest BCUT2D eigenvalue weighted by atomic mass is 10.1. The number of amides is 1. The number of hydrogen-bond donors (Lipinski definition) is 1. The van der Waals surface area contributed by atoms with Crippen LogP contribution in [0.25, 0.3) is 0 Å². The lowest BCUT2D eigenvalue weighted by molar-refractivity contribution is 0.102. The Morgan fingerprint density at radius 1 is 1.26 bits per heavy atom. The van der Waals surface area contributed by atoms with Crippen molar-refractivity contribution in [2.24, 2.45) is 0 Å². The van der Waals surface area contributed by atoms with Gasteiger partial charge in [0.05, 0.1) is 11.2 Å². The minimum atomic E-state index is -0.170. The maximum atomic E-state index is 12.6. The second-order valence-electron chi connectivity index (χ2n) is 6.85. The largest absolute Gasteiger partial charge is 0.320 e. The van der Waals surface area contributed by atoms with Crippen LogP contribution in [0.1, 0.15) is 56.7 Å². The molecule has 0 unspecified atom stereocenters. The molecule has 5 heteroatoms. The van der Waals surface area contributed by atoms with Crippen LogP contribution in [0.5, 0.6) is 0 Å². The third-order valence-electron chi connectivity index (χ3n) is 3.55. The van der Waals surface area contributed by atoms with Crippen LogP contribution in [0.2, 0.25) is 0 Å². The molecule has 0 radical (unpaired) electrons. The zero-order valence-electron chi connectivity index (χ0n) is 14.7. The molecule has 1 N–H and O–H groups in total. The number of carbonyl (C=O) groups excluding carboxylic acids is 1. The van der Waals surface area contributed by atoms with Gasteiger partial charge in [0, 0.05) is 10.6 Å². The predicted molar refractivity (Wildman–Crippen MR) is 97.5 cm³/mol. The number of anilines is 1. The highest BCUT2D eigenvalue weighted by molar-refractivity contribution is 7.98. The summed E-state index contributed by atoms with van der Waals surface area (Å²) in [5.74, 6) is 0.137. The highest BCUT2D eigenvalue weighted by Gasteiger charge is 2.23. The Morgan fingerprint density at radius 3 is 2.43 bits per heavy atom. The van der Waals surface area contributed by atoms with E-state index < -0.39 is 0 Å². The first kappa shape index (κ1) is 17.6. The zero-order valence-corrected chi connectivity index (χ0v) is 15.5. The summed E-state index contributed by atoms with van der Waals surface area (Å²) in [5, 5.41) is 7.53. The Balaban J connectivity index is 2.33. The molecule has 1 amide bonds. The van der Waals surface area contributed by atoms with Gasteiger partial charge in [-0.3, -0.25) is 9.48 Å². The van der Waals surface area contributed by atoms with Crippen LogP contribution in [0.4, 0.5) is 5.69 Å². The molecule has 0 atom stereocenters. The van der Waals surface area contributed by atoms with Crippen molar-refractivity contribution in [1.82, 2.24) is 9.78 Å². The molecule has 0 aliphatic heterocycles. The topological polar surface area (TPSA) is 46.9 Å². The quantitative estimate of drug-likeness (QED) is 0.823. The summed E-state index contributed by atoms with van der Waals surface area (Å²) in [6.45, 7) is 10.5. The summed E-state index contributed by atoms with van der Waals surface area (Å²) >= 11 is 1.61. The van der Waals surface area contributed by atoms with Gasteiger partial charge < -0.3 is 5.32 Å². The summed E-state index contributed by atoms with van der Waals surface area (Å²) in [4.78, 5) is 13.6. The van der Waals surface area contributed by atoms with E-state index in [4.69, 9.17) is 0 Å². The molecule has 1 aromatic heterocycles. The number of aromatic nitrogens is 2. The SMILES string of the molecule is CSc1ccccc1NC(=O)c1cc(C(C)C)n(C(C)(C)C)n1. The van der Waals surface area contributed by atoms with E-state index in [9.17, 15) is 4.79 Å². The standard InChI is InChI=1S/C18H25N3OS/c1-12(2)15-11-14(20-21(15)18(3,4)5)17(22)19-13-9-7-8-10-16(13)23-6/h7-12H,1-6H3,(H,19,22). The number of hydrogen-bond acceptors (Lipinski definition) is 3. The van der Waals surface area contributed by atoms with Crippen molar-refractivity contribution in [3.05, 3.63) is 41.7 Å². The first-order chi connectivity index (χ1) is 10.7. The molecule has 124 valence electrons. The van der Waals surface area contributed by atoms with Crippen molar-refractivity contribution < 1.29 is 4.79 Å². The number of nitrogens with one attached hydrogen (secondary N) is 1. The smallest absolute Gasteiger partial charge is 0.276 e. The van der Waals surface area contributed by atoms with Crippen molar-refractivity contribution in [1.29, 1.82) is 0 Å². The number of thioether (sulfide) groups is 1. The summed E-state index contributed by atoms with van der Waals surface area (Å²) in [5.41, 5.74) is 2.19. The second kappa shape index (κ2) is 6.79.